The smallest absolute Gasteiger partial charge is 0.274 e. The van der Waals surface area contributed by atoms with Gasteiger partial charge in [0.05, 0.1) is 11.6 Å². The third-order valence-electron chi connectivity index (χ3n) is 7.15. The van der Waals surface area contributed by atoms with Crippen molar-refractivity contribution in [3.8, 4) is 0 Å². The molecule has 4 aromatic rings. The van der Waals surface area contributed by atoms with E-state index in [1.165, 1.54) is 0 Å². The van der Waals surface area contributed by atoms with Crippen LogP contribution in [0.5, 0.6) is 0 Å². The molecule has 2 amide bonds. The predicted molar refractivity (Wildman–Crippen MR) is 137 cm³/mol. The second-order valence-corrected chi connectivity index (χ2v) is 9.26. The summed E-state index contributed by atoms with van der Waals surface area (Å²) in [5.41, 5.74) is 1.91. The van der Waals surface area contributed by atoms with E-state index in [2.05, 4.69) is 9.88 Å². The van der Waals surface area contributed by atoms with E-state index in [1.54, 1.807) is 6.20 Å². The van der Waals surface area contributed by atoms with E-state index in [9.17, 15) is 9.59 Å². The van der Waals surface area contributed by atoms with Crippen molar-refractivity contribution in [3.63, 3.8) is 0 Å². The van der Waals surface area contributed by atoms with Crippen LogP contribution in [0.2, 0.25) is 0 Å². The first-order valence-electron chi connectivity index (χ1n) is 12.5. The van der Waals surface area contributed by atoms with Gasteiger partial charge in [0.25, 0.3) is 11.8 Å². The fourth-order valence-corrected chi connectivity index (χ4v) is 5.31. The second kappa shape index (κ2) is 9.45. The third-order valence-corrected chi connectivity index (χ3v) is 7.15. The summed E-state index contributed by atoms with van der Waals surface area (Å²) < 4.78 is 1.98. The molecule has 2 aliphatic rings. The van der Waals surface area contributed by atoms with Crippen molar-refractivity contribution >= 4 is 23.1 Å². The number of nitrogens with zero attached hydrogens (tertiary/aromatic N) is 6. The van der Waals surface area contributed by atoms with Crippen molar-refractivity contribution in [2.24, 2.45) is 0 Å². The minimum Gasteiger partial charge on any atom is -0.353 e. The van der Waals surface area contributed by atoms with Gasteiger partial charge in [-0.15, -0.1) is 0 Å². The lowest BCUT2D eigenvalue weighted by Crippen LogP contribution is -2.49. The number of carbonyl (C=O) groups is 2. The molecule has 0 bridgehead atoms. The highest BCUT2D eigenvalue weighted by atomic mass is 16.2. The maximum absolute atomic E-state index is 13.7. The first kappa shape index (κ1) is 22.3. The monoisotopic (exact) mass is 480 g/mol. The Balaban J connectivity index is 1.27. The second-order valence-electron chi connectivity index (χ2n) is 9.26. The van der Waals surface area contributed by atoms with Crippen LogP contribution >= 0.6 is 0 Å². The number of fused-ring (bicyclic) bond motifs is 1. The molecule has 0 aliphatic carbocycles. The highest BCUT2D eigenvalue weighted by Gasteiger charge is 2.35. The van der Waals surface area contributed by atoms with Crippen LogP contribution in [0.3, 0.4) is 0 Å². The molecule has 8 nitrogen and oxygen atoms in total. The third kappa shape index (κ3) is 3.98. The zero-order valence-corrected chi connectivity index (χ0v) is 20.0. The molecule has 2 aliphatic heterocycles. The van der Waals surface area contributed by atoms with Crippen LogP contribution in [-0.4, -0.2) is 68.7 Å². The Kier molecular flexibility index (Phi) is 5.85. The average molecular weight is 481 g/mol. The van der Waals surface area contributed by atoms with Crippen LogP contribution in [-0.2, 0) is 0 Å². The van der Waals surface area contributed by atoms with Gasteiger partial charge in [0, 0.05) is 50.7 Å². The summed E-state index contributed by atoms with van der Waals surface area (Å²) in [5.74, 6) is 1.63. The van der Waals surface area contributed by atoms with Gasteiger partial charge in [-0.3, -0.25) is 9.59 Å². The molecule has 6 rings (SSSR count). The van der Waals surface area contributed by atoms with Crippen LogP contribution in [0, 0.1) is 0 Å². The standard InChI is InChI=1S/C28H28N6O2/c35-27(21-9-2-1-3-10-21)34-16-8-12-23(34)26-30-25(22-11-5-7-15-33(22)26)28(36)32-19-17-31(18-20-32)24-13-4-6-14-29-24/h1-7,9-11,13-15,23H,8,12,16-20H2/t23-/m0/s1. The van der Waals surface area contributed by atoms with Gasteiger partial charge >= 0.3 is 0 Å². The Morgan fingerprint density at radius 2 is 1.58 bits per heavy atom. The molecule has 0 unspecified atom stereocenters. The minimum atomic E-state index is -0.171. The number of hydrogen-bond acceptors (Lipinski definition) is 5. The Bertz CT molecular complexity index is 1380. The van der Waals surface area contributed by atoms with Crippen molar-refractivity contribution in [3.05, 3.63) is 96.2 Å². The summed E-state index contributed by atoms with van der Waals surface area (Å²) in [6, 6.07) is 20.9. The summed E-state index contributed by atoms with van der Waals surface area (Å²) in [4.78, 5) is 42.3. The van der Waals surface area contributed by atoms with Gasteiger partial charge in [0.15, 0.2) is 5.69 Å². The normalized spacial score (nSPS) is 18.1. The Labute approximate surface area is 209 Å². The number of amides is 2. The quantitative estimate of drug-likeness (QED) is 0.446. The van der Waals surface area contributed by atoms with Gasteiger partial charge in [0.1, 0.15) is 11.6 Å². The Morgan fingerprint density at radius 1 is 0.806 bits per heavy atom. The topological polar surface area (TPSA) is 74.1 Å². The Morgan fingerprint density at radius 3 is 2.36 bits per heavy atom. The van der Waals surface area contributed by atoms with Gasteiger partial charge in [-0.1, -0.05) is 30.3 Å². The summed E-state index contributed by atoms with van der Waals surface area (Å²) in [7, 11) is 0. The first-order valence-corrected chi connectivity index (χ1v) is 12.5. The lowest BCUT2D eigenvalue weighted by atomic mass is 10.1. The van der Waals surface area contributed by atoms with Crippen LogP contribution in [0.15, 0.2) is 79.1 Å². The molecule has 0 spiro atoms. The molecule has 0 radical (unpaired) electrons. The maximum Gasteiger partial charge on any atom is 0.274 e. The van der Waals surface area contributed by atoms with Gasteiger partial charge < -0.3 is 19.1 Å². The molecule has 182 valence electrons. The van der Waals surface area contributed by atoms with Crippen molar-refractivity contribution in [2.75, 3.05) is 37.6 Å². The van der Waals surface area contributed by atoms with Gasteiger partial charge in [-0.2, -0.15) is 0 Å². The van der Waals surface area contributed by atoms with E-state index in [-0.39, 0.29) is 17.9 Å². The minimum absolute atomic E-state index is 0.00398. The molecule has 0 N–H and O–H groups in total. The van der Waals surface area contributed by atoms with Crippen LogP contribution in [0.25, 0.3) is 5.52 Å². The zero-order valence-electron chi connectivity index (χ0n) is 20.0. The number of carbonyl (C=O) groups excluding carboxylic acids is 2. The summed E-state index contributed by atoms with van der Waals surface area (Å²) in [5, 5.41) is 0. The summed E-state index contributed by atoms with van der Waals surface area (Å²) in [6.45, 7) is 3.35. The number of anilines is 1. The maximum atomic E-state index is 13.7. The van der Waals surface area contributed by atoms with E-state index >= 15 is 0 Å². The van der Waals surface area contributed by atoms with Crippen LogP contribution in [0.4, 0.5) is 5.82 Å². The highest BCUT2D eigenvalue weighted by molar-refractivity contribution is 5.99. The number of aromatic nitrogens is 3. The molecule has 8 heteroatoms. The van der Waals surface area contributed by atoms with Crippen LogP contribution < -0.4 is 4.90 Å². The molecular weight excluding hydrogens is 452 g/mol. The van der Waals surface area contributed by atoms with E-state index in [1.807, 2.05) is 87.1 Å². The van der Waals surface area contributed by atoms with E-state index < -0.39 is 0 Å². The molecule has 1 aromatic carbocycles. The fourth-order valence-electron chi connectivity index (χ4n) is 5.31. The van der Waals surface area contributed by atoms with E-state index in [0.29, 0.717) is 30.9 Å². The zero-order chi connectivity index (χ0) is 24.5. The van der Waals surface area contributed by atoms with Crippen molar-refractivity contribution in [1.82, 2.24) is 24.2 Å². The molecule has 2 saturated heterocycles. The van der Waals surface area contributed by atoms with Gasteiger partial charge in [0.2, 0.25) is 0 Å². The predicted octanol–water partition coefficient (Wildman–Crippen LogP) is 3.67. The van der Waals surface area contributed by atoms with Gasteiger partial charge in [-0.05, 0) is 49.2 Å². The lowest BCUT2D eigenvalue weighted by Gasteiger charge is -2.35. The van der Waals surface area contributed by atoms with Crippen LogP contribution in [0.1, 0.15) is 45.6 Å². The van der Waals surface area contributed by atoms with E-state index in [4.69, 9.17) is 4.98 Å². The molecular formula is C28H28N6O2. The summed E-state index contributed by atoms with van der Waals surface area (Å²) in [6.07, 6.45) is 5.46. The van der Waals surface area contributed by atoms with Gasteiger partial charge in [-0.25, -0.2) is 9.97 Å². The largest absolute Gasteiger partial charge is 0.353 e. The first-order chi connectivity index (χ1) is 17.7. The number of benzene rings is 1. The molecule has 36 heavy (non-hydrogen) atoms. The molecule has 3 aromatic heterocycles. The number of hydrogen-bond donors (Lipinski definition) is 0. The number of pyridine rings is 2. The Hall–Kier alpha value is -4.20. The van der Waals surface area contributed by atoms with Crippen molar-refractivity contribution in [1.29, 1.82) is 0 Å². The number of piperazine rings is 1. The molecule has 0 saturated carbocycles. The van der Waals surface area contributed by atoms with Crippen molar-refractivity contribution in [2.45, 2.75) is 18.9 Å². The average Bonchev–Trinajstić information content (AvgIpc) is 3.58. The highest BCUT2D eigenvalue weighted by Crippen LogP contribution is 2.34. The number of likely N-dealkylation sites (tertiary alicyclic amines) is 1. The fraction of sp³-hybridized carbons (Fsp3) is 0.286. The van der Waals surface area contributed by atoms with Crippen molar-refractivity contribution < 1.29 is 9.59 Å². The number of imidazole rings is 1. The van der Waals surface area contributed by atoms with E-state index in [0.717, 1.165) is 43.1 Å². The molecule has 5 heterocycles. The summed E-state index contributed by atoms with van der Waals surface area (Å²) >= 11 is 0. The molecule has 2 fully saturated rings. The lowest BCUT2D eigenvalue weighted by molar-refractivity contribution is 0.0729. The SMILES string of the molecule is O=C(c1nc([C@@H]2CCCN2C(=O)c2ccccc2)n2ccccc12)N1CCN(c2ccccn2)CC1. The molecule has 1 atom stereocenters. The number of rotatable bonds is 4.